The van der Waals surface area contributed by atoms with Crippen molar-refractivity contribution in [2.24, 2.45) is 5.92 Å². The van der Waals surface area contributed by atoms with Crippen LogP contribution in [0.25, 0.3) is 0 Å². The number of hydrogen-bond donors (Lipinski definition) is 2. The normalized spacial score (nSPS) is 12.0. The second kappa shape index (κ2) is 11.7. The molecule has 0 unspecified atom stereocenters. The van der Waals surface area contributed by atoms with Crippen molar-refractivity contribution >= 4 is 17.5 Å². The lowest BCUT2D eigenvalue weighted by Crippen LogP contribution is -2.88. The zero-order valence-corrected chi connectivity index (χ0v) is 19.9. The summed E-state index contributed by atoms with van der Waals surface area (Å²) in [6, 6.07) is 14.8. The largest absolute Gasteiger partial charge is 0.332 e. The van der Waals surface area contributed by atoms with Crippen molar-refractivity contribution < 1.29 is 14.9 Å². The van der Waals surface area contributed by atoms with Crippen molar-refractivity contribution in [3.05, 3.63) is 64.7 Å². The molecule has 0 aromatic heterocycles. The molecule has 3 N–H and O–H groups in total. The van der Waals surface area contributed by atoms with Gasteiger partial charge in [-0.05, 0) is 37.0 Å². The van der Waals surface area contributed by atoms with Crippen LogP contribution in [0.4, 0.5) is 5.69 Å². The van der Waals surface area contributed by atoms with E-state index < -0.39 is 0 Å². The number of para-hydroxylation sites is 1. The number of aryl methyl sites for hydroxylation is 3. The maximum atomic E-state index is 12.7. The second-order valence-corrected chi connectivity index (χ2v) is 8.77. The summed E-state index contributed by atoms with van der Waals surface area (Å²) in [5, 5.41) is 5.03. The lowest BCUT2D eigenvalue weighted by Gasteiger charge is -2.22. The van der Waals surface area contributed by atoms with Crippen LogP contribution in [-0.4, -0.2) is 36.9 Å². The van der Waals surface area contributed by atoms with Gasteiger partial charge in [0.05, 0.1) is 6.54 Å². The van der Waals surface area contributed by atoms with Crippen LogP contribution in [0.3, 0.4) is 0 Å². The van der Waals surface area contributed by atoms with Gasteiger partial charge in [-0.3, -0.25) is 9.59 Å². The zero-order chi connectivity index (χ0) is 23.0. The molecule has 0 saturated carbocycles. The number of likely N-dealkylation sites (N-methyl/N-ethyl adjacent to an activating group) is 1. The molecule has 0 bridgehead atoms. The average molecular weight is 425 g/mol. The molecule has 31 heavy (non-hydrogen) atoms. The first-order chi connectivity index (χ1) is 14.7. The first-order valence-electron chi connectivity index (χ1n) is 11.2. The lowest BCUT2D eigenvalue weighted by atomic mass is 9.94. The standard InChI is InChI=1S/C26H37N3O2/c1-7-9-21-12-14-22(15-13-21)25(18(2)3)27-16-24(31)29(6)17-23(30)28-26-19(4)10-8-11-20(26)5/h8,10-15,18,25,27H,7,9,16-17H2,1-6H3,(H,28,30)/p+1/t25-/m0/s1. The fourth-order valence-electron chi connectivity index (χ4n) is 3.87. The van der Waals surface area contributed by atoms with Crippen LogP contribution in [-0.2, 0) is 16.0 Å². The maximum Gasteiger partial charge on any atom is 0.277 e. The van der Waals surface area contributed by atoms with Crippen molar-refractivity contribution in [2.45, 2.75) is 53.5 Å². The minimum Gasteiger partial charge on any atom is -0.332 e. The molecule has 0 aliphatic heterocycles. The van der Waals surface area contributed by atoms with Gasteiger partial charge in [-0.2, -0.15) is 0 Å². The number of carbonyl (C=O) groups is 2. The van der Waals surface area contributed by atoms with Crippen LogP contribution in [0.1, 0.15) is 55.5 Å². The summed E-state index contributed by atoms with van der Waals surface area (Å²) in [5.74, 6) is 0.160. The fraction of sp³-hybridized carbons (Fsp3) is 0.462. The molecule has 0 fully saturated rings. The van der Waals surface area contributed by atoms with Crippen LogP contribution in [0, 0.1) is 19.8 Å². The number of hydrogen-bond acceptors (Lipinski definition) is 2. The molecule has 2 amide bonds. The zero-order valence-electron chi connectivity index (χ0n) is 19.9. The summed E-state index contributed by atoms with van der Waals surface area (Å²) in [6.07, 6.45) is 2.22. The number of nitrogens with two attached hydrogens (primary N) is 1. The predicted molar refractivity (Wildman–Crippen MR) is 127 cm³/mol. The average Bonchev–Trinajstić information content (AvgIpc) is 2.72. The Morgan fingerprint density at radius 1 is 1.03 bits per heavy atom. The van der Waals surface area contributed by atoms with Gasteiger partial charge in [0.2, 0.25) is 5.91 Å². The molecule has 0 aliphatic carbocycles. The summed E-state index contributed by atoms with van der Waals surface area (Å²) in [4.78, 5) is 26.6. The van der Waals surface area contributed by atoms with Crippen LogP contribution in [0.5, 0.6) is 0 Å². The molecular weight excluding hydrogens is 386 g/mol. The number of benzene rings is 2. The summed E-state index contributed by atoms with van der Waals surface area (Å²) in [5.41, 5.74) is 5.43. The van der Waals surface area contributed by atoms with Gasteiger partial charge < -0.3 is 15.5 Å². The van der Waals surface area contributed by atoms with Crippen LogP contribution < -0.4 is 10.6 Å². The van der Waals surface area contributed by atoms with E-state index in [2.05, 4.69) is 55.7 Å². The van der Waals surface area contributed by atoms with Crippen molar-refractivity contribution in [3.8, 4) is 0 Å². The van der Waals surface area contributed by atoms with Gasteiger partial charge >= 0.3 is 0 Å². The summed E-state index contributed by atoms with van der Waals surface area (Å²) in [7, 11) is 1.68. The molecule has 2 aromatic carbocycles. The number of carbonyl (C=O) groups excluding carboxylic acids is 2. The van der Waals surface area contributed by atoms with Gasteiger partial charge in [0.15, 0.2) is 6.54 Å². The Bertz CT molecular complexity index is 854. The third-order valence-corrected chi connectivity index (χ3v) is 5.72. The third kappa shape index (κ3) is 7.21. The highest BCUT2D eigenvalue weighted by atomic mass is 16.2. The molecule has 168 valence electrons. The lowest BCUT2D eigenvalue weighted by molar-refractivity contribution is -0.692. The van der Waals surface area contributed by atoms with Gasteiger partial charge in [-0.15, -0.1) is 0 Å². The van der Waals surface area contributed by atoms with E-state index in [1.54, 1.807) is 7.05 Å². The van der Waals surface area contributed by atoms with E-state index >= 15 is 0 Å². The van der Waals surface area contributed by atoms with Gasteiger partial charge in [0.1, 0.15) is 6.04 Å². The number of quaternary nitrogens is 1. The van der Waals surface area contributed by atoms with E-state index in [9.17, 15) is 9.59 Å². The number of rotatable bonds is 10. The van der Waals surface area contributed by atoms with E-state index in [-0.39, 0.29) is 24.4 Å². The monoisotopic (exact) mass is 424 g/mol. The minimum atomic E-state index is -0.180. The fourth-order valence-corrected chi connectivity index (χ4v) is 3.87. The van der Waals surface area contributed by atoms with Crippen molar-refractivity contribution in [3.63, 3.8) is 0 Å². The molecule has 0 aliphatic rings. The van der Waals surface area contributed by atoms with E-state index in [0.29, 0.717) is 12.5 Å². The first kappa shape index (κ1) is 24.6. The first-order valence-corrected chi connectivity index (χ1v) is 11.2. The highest BCUT2D eigenvalue weighted by molar-refractivity contribution is 5.95. The smallest absolute Gasteiger partial charge is 0.277 e. The van der Waals surface area contributed by atoms with E-state index in [0.717, 1.165) is 29.7 Å². The van der Waals surface area contributed by atoms with Gasteiger partial charge in [0, 0.05) is 24.2 Å². The molecule has 5 heteroatoms. The van der Waals surface area contributed by atoms with E-state index in [4.69, 9.17) is 0 Å². The summed E-state index contributed by atoms with van der Waals surface area (Å²) >= 11 is 0. The Labute approximate surface area is 187 Å². The quantitative estimate of drug-likeness (QED) is 0.612. The molecule has 0 heterocycles. The number of amides is 2. The molecule has 5 nitrogen and oxygen atoms in total. The highest BCUT2D eigenvalue weighted by Crippen LogP contribution is 2.20. The third-order valence-electron chi connectivity index (χ3n) is 5.72. The number of anilines is 1. The second-order valence-electron chi connectivity index (χ2n) is 8.77. The number of nitrogens with one attached hydrogen (secondary N) is 1. The topological polar surface area (TPSA) is 66.0 Å². The minimum absolute atomic E-state index is 0.0402. The maximum absolute atomic E-state index is 12.7. The van der Waals surface area contributed by atoms with E-state index in [1.165, 1.54) is 16.0 Å². The van der Waals surface area contributed by atoms with Crippen molar-refractivity contribution in [1.82, 2.24) is 4.90 Å². The molecular formula is C26H38N3O2+. The predicted octanol–water partition coefficient (Wildman–Crippen LogP) is 3.61. The van der Waals surface area contributed by atoms with Crippen LogP contribution in [0.15, 0.2) is 42.5 Å². The molecule has 0 radical (unpaired) electrons. The number of nitrogens with zero attached hydrogens (tertiary/aromatic N) is 1. The Kier molecular flexibility index (Phi) is 9.25. The summed E-state index contributed by atoms with van der Waals surface area (Å²) in [6.45, 7) is 10.8. The summed E-state index contributed by atoms with van der Waals surface area (Å²) < 4.78 is 0. The molecule has 0 saturated heterocycles. The Balaban J connectivity index is 1.92. The molecule has 0 spiro atoms. The van der Waals surface area contributed by atoms with Gasteiger partial charge in [-0.1, -0.05) is 69.7 Å². The van der Waals surface area contributed by atoms with Crippen molar-refractivity contribution in [1.29, 1.82) is 0 Å². The van der Waals surface area contributed by atoms with Gasteiger partial charge in [-0.25, -0.2) is 0 Å². The van der Waals surface area contributed by atoms with Crippen LogP contribution in [0.2, 0.25) is 0 Å². The molecule has 1 atom stereocenters. The Hall–Kier alpha value is -2.66. The SMILES string of the molecule is CCCc1ccc([C@@H]([NH2+]CC(=O)N(C)CC(=O)Nc2c(C)cccc2C)C(C)C)cc1. The van der Waals surface area contributed by atoms with E-state index in [1.807, 2.05) is 32.0 Å². The van der Waals surface area contributed by atoms with Crippen LogP contribution >= 0.6 is 0 Å². The highest BCUT2D eigenvalue weighted by Gasteiger charge is 2.22. The van der Waals surface area contributed by atoms with Gasteiger partial charge in [0.25, 0.3) is 5.91 Å². The molecule has 2 rings (SSSR count). The Morgan fingerprint density at radius 2 is 1.65 bits per heavy atom. The Morgan fingerprint density at radius 3 is 2.19 bits per heavy atom. The van der Waals surface area contributed by atoms with Crippen molar-refractivity contribution in [2.75, 3.05) is 25.5 Å². The molecule has 2 aromatic rings.